The van der Waals surface area contributed by atoms with Crippen LogP contribution in [0.15, 0.2) is 24.3 Å². The number of urea groups is 1. The Morgan fingerprint density at radius 1 is 1.20 bits per heavy atom. The van der Waals surface area contributed by atoms with Crippen molar-refractivity contribution in [1.29, 1.82) is 0 Å². The van der Waals surface area contributed by atoms with Crippen molar-refractivity contribution in [3.8, 4) is 0 Å². The van der Waals surface area contributed by atoms with Gasteiger partial charge in [0.15, 0.2) is 0 Å². The predicted octanol–water partition coefficient (Wildman–Crippen LogP) is 2.90. The molecular formula is C20H31N3O2. The molecule has 1 aromatic rings. The molecule has 25 heavy (non-hydrogen) atoms. The first-order chi connectivity index (χ1) is 12.2. The van der Waals surface area contributed by atoms with Crippen LogP contribution in [0.5, 0.6) is 0 Å². The Morgan fingerprint density at radius 3 is 2.60 bits per heavy atom. The van der Waals surface area contributed by atoms with E-state index in [1.54, 1.807) is 0 Å². The van der Waals surface area contributed by atoms with Crippen molar-refractivity contribution in [2.24, 2.45) is 5.92 Å². The summed E-state index contributed by atoms with van der Waals surface area (Å²) in [6, 6.07) is 8.54. The summed E-state index contributed by atoms with van der Waals surface area (Å²) in [6.45, 7) is 7.64. The van der Waals surface area contributed by atoms with Gasteiger partial charge in [-0.2, -0.15) is 0 Å². The van der Waals surface area contributed by atoms with E-state index >= 15 is 0 Å². The van der Waals surface area contributed by atoms with Crippen LogP contribution in [-0.4, -0.2) is 43.3 Å². The number of amides is 2. The average Bonchev–Trinajstić information content (AvgIpc) is 3.15. The summed E-state index contributed by atoms with van der Waals surface area (Å²) >= 11 is 0. The number of rotatable bonds is 6. The van der Waals surface area contributed by atoms with Crippen molar-refractivity contribution >= 4 is 6.03 Å². The number of nitrogens with one attached hydrogen (secondary N) is 2. The summed E-state index contributed by atoms with van der Waals surface area (Å²) in [6.07, 6.45) is 4.65. The smallest absolute Gasteiger partial charge is 0.315 e. The maximum atomic E-state index is 12.3. The molecule has 5 nitrogen and oxygen atoms in total. The van der Waals surface area contributed by atoms with Gasteiger partial charge in [0.1, 0.15) is 0 Å². The third-order valence-electron chi connectivity index (χ3n) is 5.48. The van der Waals surface area contributed by atoms with Crippen LogP contribution >= 0.6 is 0 Å². The van der Waals surface area contributed by atoms with Gasteiger partial charge in [-0.15, -0.1) is 0 Å². The summed E-state index contributed by atoms with van der Waals surface area (Å²) in [5.41, 5.74) is 2.53. The quantitative estimate of drug-likeness (QED) is 0.833. The predicted molar refractivity (Wildman–Crippen MR) is 99.3 cm³/mol. The van der Waals surface area contributed by atoms with E-state index in [1.807, 2.05) is 6.07 Å². The molecule has 2 fully saturated rings. The Labute approximate surface area is 151 Å². The third kappa shape index (κ3) is 5.44. The Hall–Kier alpha value is -1.59. The summed E-state index contributed by atoms with van der Waals surface area (Å²) in [4.78, 5) is 14.8. The molecule has 0 aromatic heterocycles. The van der Waals surface area contributed by atoms with Crippen LogP contribution in [0.2, 0.25) is 0 Å². The Balaban J connectivity index is 1.48. The minimum absolute atomic E-state index is 0.0741. The summed E-state index contributed by atoms with van der Waals surface area (Å²) in [5, 5.41) is 6.13. The third-order valence-corrected chi connectivity index (χ3v) is 5.48. The fraction of sp³-hybridized carbons (Fsp3) is 0.650. The van der Waals surface area contributed by atoms with Crippen LogP contribution in [-0.2, 0) is 17.8 Å². The highest BCUT2D eigenvalue weighted by molar-refractivity contribution is 5.74. The zero-order valence-electron chi connectivity index (χ0n) is 15.3. The van der Waals surface area contributed by atoms with Gasteiger partial charge >= 0.3 is 6.03 Å². The Kier molecular flexibility index (Phi) is 6.70. The molecule has 2 N–H and O–H groups in total. The molecule has 5 heteroatoms. The van der Waals surface area contributed by atoms with Crippen molar-refractivity contribution in [3.05, 3.63) is 35.4 Å². The monoisotopic (exact) mass is 345 g/mol. The van der Waals surface area contributed by atoms with E-state index in [-0.39, 0.29) is 12.1 Å². The van der Waals surface area contributed by atoms with Crippen LogP contribution in [0.4, 0.5) is 4.79 Å². The van der Waals surface area contributed by atoms with Crippen molar-refractivity contribution in [2.75, 3.05) is 26.3 Å². The number of nitrogens with zero attached hydrogens (tertiary/aromatic N) is 1. The molecule has 2 heterocycles. The minimum Gasteiger partial charge on any atom is -0.381 e. The lowest BCUT2D eigenvalue weighted by atomic mass is 9.93. The molecule has 2 amide bonds. The molecule has 3 rings (SSSR count). The minimum atomic E-state index is -0.0741. The van der Waals surface area contributed by atoms with Gasteiger partial charge in [0.2, 0.25) is 0 Å². The van der Waals surface area contributed by atoms with E-state index in [1.165, 1.54) is 37.1 Å². The van der Waals surface area contributed by atoms with Gasteiger partial charge < -0.3 is 15.4 Å². The molecule has 0 saturated carbocycles. The largest absolute Gasteiger partial charge is 0.381 e. The van der Waals surface area contributed by atoms with Crippen LogP contribution in [0, 0.1) is 5.92 Å². The SMILES string of the molecule is C[C@@H](NC(=O)NCc1ccccc1CN1CCCC1)C1CCOCC1. The van der Waals surface area contributed by atoms with Gasteiger partial charge in [-0.25, -0.2) is 4.79 Å². The average molecular weight is 345 g/mol. The van der Waals surface area contributed by atoms with Crippen molar-refractivity contribution < 1.29 is 9.53 Å². The molecule has 0 aliphatic carbocycles. The maximum Gasteiger partial charge on any atom is 0.315 e. The van der Waals surface area contributed by atoms with Gasteiger partial charge in [0, 0.05) is 32.3 Å². The van der Waals surface area contributed by atoms with Crippen molar-refractivity contribution in [2.45, 2.75) is 51.7 Å². The number of hydrogen-bond acceptors (Lipinski definition) is 3. The number of hydrogen-bond donors (Lipinski definition) is 2. The van der Waals surface area contributed by atoms with Crippen molar-refractivity contribution in [1.82, 2.24) is 15.5 Å². The van der Waals surface area contributed by atoms with Crippen LogP contribution in [0.1, 0.15) is 43.7 Å². The molecule has 0 radical (unpaired) electrons. The van der Waals surface area contributed by atoms with E-state index in [0.717, 1.165) is 32.6 Å². The zero-order chi connectivity index (χ0) is 17.5. The fourth-order valence-corrected chi connectivity index (χ4v) is 3.83. The lowest BCUT2D eigenvalue weighted by Gasteiger charge is -2.28. The van der Waals surface area contributed by atoms with E-state index in [4.69, 9.17) is 4.74 Å². The van der Waals surface area contributed by atoms with Crippen LogP contribution < -0.4 is 10.6 Å². The molecule has 2 aliphatic heterocycles. The van der Waals surface area contributed by atoms with Crippen LogP contribution in [0.25, 0.3) is 0 Å². The topological polar surface area (TPSA) is 53.6 Å². The Bertz CT molecular complexity index is 552. The molecule has 2 aliphatic rings. The molecule has 1 aromatic carbocycles. The summed E-state index contributed by atoms with van der Waals surface area (Å²) < 4.78 is 5.40. The molecular weight excluding hydrogens is 314 g/mol. The van der Waals surface area contributed by atoms with E-state index in [0.29, 0.717) is 12.5 Å². The molecule has 138 valence electrons. The highest BCUT2D eigenvalue weighted by Gasteiger charge is 2.21. The molecule has 0 bridgehead atoms. The Morgan fingerprint density at radius 2 is 1.88 bits per heavy atom. The summed E-state index contributed by atoms with van der Waals surface area (Å²) in [5.74, 6) is 0.516. The van der Waals surface area contributed by atoms with Gasteiger partial charge in [0.25, 0.3) is 0 Å². The van der Waals surface area contributed by atoms with E-state index < -0.39 is 0 Å². The second kappa shape index (κ2) is 9.20. The zero-order valence-corrected chi connectivity index (χ0v) is 15.3. The van der Waals surface area contributed by atoms with E-state index in [9.17, 15) is 4.79 Å². The van der Waals surface area contributed by atoms with E-state index in [2.05, 4.69) is 40.7 Å². The maximum absolute atomic E-state index is 12.3. The molecule has 0 unspecified atom stereocenters. The van der Waals surface area contributed by atoms with Crippen molar-refractivity contribution in [3.63, 3.8) is 0 Å². The number of carbonyl (C=O) groups excluding carboxylic acids is 1. The lowest BCUT2D eigenvalue weighted by molar-refractivity contribution is 0.0571. The normalized spacial score (nSPS) is 20.4. The summed E-state index contributed by atoms with van der Waals surface area (Å²) in [7, 11) is 0. The molecule has 0 spiro atoms. The number of benzene rings is 1. The molecule has 2 saturated heterocycles. The van der Waals surface area contributed by atoms with Gasteiger partial charge in [0.05, 0.1) is 0 Å². The standard InChI is InChI=1S/C20H31N3O2/c1-16(17-8-12-25-13-9-17)22-20(24)21-14-18-6-2-3-7-19(18)15-23-10-4-5-11-23/h2-3,6-7,16-17H,4-5,8-15H2,1H3,(H2,21,22,24)/t16-/m1/s1. The first kappa shape index (κ1) is 18.2. The number of ether oxygens (including phenoxy) is 1. The first-order valence-corrected chi connectivity index (χ1v) is 9.63. The second-order valence-corrected chi connectivity index (χ2v) is 7.32. The highest BCUT2D eigenvalue weighted by atomic mass is 16.5. The lowest BCUT2D eigenvalue weighted by Crippen LogP contribution is -2.45. The first-order valence-electron chi connectivity index (χ1n) is 9.63. The fourth-order valence-electron chi connectivity index (χ4n) is 3.83. The number of likely N-dealkylation sites (tertiary alicyclic amines) is 1. The van der Waals surface area contributed by atoms with Gasteiger partial charge in [-0.3, -0.25) is 4.90 Å². The molecule has 1 atom stereocenters. The van der Waals surface area contributed by atoms with Gasteiger partial charge in [-0.1, -0.05) is 24.3 Å². The number of carbonyl (C=O) groups is 1. The van der Waals surface area contributed by atoms with Gasteiger partial charge in [-0.05, 0) is 62.7 Å². The highest BCUT2D eigenvalue weighted by Crippen LogP contribution is 2.19. The van der Waals surface area contributed by atoms with Crippen LogP contribution in [0.3, 0.4) is 0 Å². The second-order valence-electron chi connectivity index (χ2n) is 7.32.